The molecule has 31 heavy (non-hydrogen) atoms. The van der Waals surface area contributed by atoms with Crippen LogP contribution >= 0.6 is 0 Å². The largest absolute Gasteiger partial charge is 0.494 e. The molecule has 0 unspecified atom stereocenters. The average Bonchev–Trinajstić information content (AvgIpc) is 3.25. The van der Waals surface area contributed by atoms with E-state index >= 15 is 0 Å². The highest BCUT2D eigenvalue weighted by Crippen LogP contribution is 2.18. The zero-order valence-electron chi connectivity index (χ0n) is 18.2. The number of ether oxygens (including phenoxy) is 2. The van der Waals surface area contributed by atoms with E-state index in [2.05, 4.69) is 34.5 Å². The molecule has 6 heteroatoms. The van der Waals surface area contributed by atoms with Crippen LogP contribution in [-0.4, -0.2) is 37.7 Å². The Morgan fingerprint density at radius 3 is 2.32 bits per heavy atom. The van der Waals surface area contributed by atoms with Crippen molar-refractivity contribution in [1.29, 1.82) is 0 Å². The van der Waals surface area contributed by atoms with Crippen LogP contribution in [0.25, 0.3) is 0 Å². The van der Waals surface area contributed by atoms with Gasteiger partial charge in [-0.1, -0.05) is 42.5 Å². The minimum absolute atomic E-state index is 0.232. The van der Waals surface area contributed by atoms with Crippen LogP contribution < -0.4 is 10.1 Å². The van der Waals surface area contributed by atoms with E-state index in [0.29, 0.717) is 32.1 Å². The molecule has 0 atom stereocenters. The van der Waals surface area contributed by atoms with Gasteiger partial charge in [-0.15, -0.1) is 0 Å². The lowest BCUT2D eigenvalue weighted by Gasteiger charge is -2.22. The van der Waals surface area contributed by atoms with Crippen molar-refractivity contribution in [1.82, 2.24) is 10.2 Å². The second-order valence-electron chi connectivity index (χ2n) is 7.22. The van der Waals surface area contributed by atoms with Gasteiger partial charge in [-0.3, -0.25) is 9.69 Å². The molecule has 1 amide bonds. The summed E-state index contributed by atoms with van der Waals surface area (Å²) in [5.41, 5.74) is 2.40. The van der Waals surface area contributed by atoms with Crippen molar-refractivity contribution in [3.8, 4) is 5.75 Å². The molecule has 2 aromatic carbocycles. The van der Waals surface area contributed by atoms with Gasteiger partial charge in [0.15, 0.2) is 5.76 Å². The summed E-state index contributed by atoms with van der Waals surface area (Å²) in [6, 6.07) is 22.1. The van der Waals surface area contributed by atoms with E-state index in [-0.39, 0.29) is 5.91 Å². The van der Waals surface area contributed by atoms with Gasteiger partial charge in [0.05, 0.1) is 19.8 Å². The van der Waals surface area contributed by atoms with Crippen LogP contribution in [0.15, 0.2) is 71.1 Å². The average molecular weight is 423 g/mol. The quantitative estimate of drug-likeness (QED) is 0.442. The first-order valence-corrected chi connectivity index (χ1v) is 10.5. The Hall–Kier alpha value is -3.09. The number of rotatable bonds is 12. The molecule has 164 valence electrons. The summed E-state index contributed by atoms with van der Waals surface area (Å²) >= 11 is 0. The molecular weight excluding hydrogens is 392 g/mol. The number of methoxy groups -OCH3 is 1. The van der Waals surface area contributed by atoms with E-state index in [1.807, 2.05) is 43.3 Å². The normalized spacial score (nSPS) is 10.9. The summed E-state index contributed by atoms with van der Waals surface area (Å²) in [4.78, 5) is 14.5. The van der Waals surface area contributed by atoms with Crippen LogP contribution in [0.4, 0.5) is 0 Å². The Morgan fingerprint density at radius 1 is 0.935 bits per heavy atom. The van der Waals surface area contributed by atoms with E-state index < -0.39 is 0 Å². The summed E-state index contributed by atoms with van der Waals surface area (Å²) in [6.07, 6.45) is 0. The lowest BCUT2D eigenvalue weighted by molar-refractivity contribution is 0.0905. The monoisotopic (exact) mass is 422 g/mol. The highest BCUT2D eigenvalue weighted by Gasteiger charge is 2.14. The topological polar surface area (TPSA) is 63.9 Å². The molecule has 1 N–H and O–H groups in total. The number of carbonyl (C=O) groups excluding carboxylic acids is 1. The molecule has 3 rings (SSSR count). The summed E-state index contributed by atoms with van der Waals surface area (Å²) in [7, 11) is 1.60. The van der Waals surface area contributed by atoms with Crippen molar-refractivity contribution in [2.45, 2.75) is 26.6 Å². The number of nitrogens with zero attached hydrogens (tertiary/aromatic N) is 1. The standard InChI is InChI=1S/C25H30N2O4/c1-3-30-22-11-9-21(10-12-22)18-27(17-20-7-5-4-6-8-20)19-23-13-14-24(31-23)25(28)26-15-16-29-2/h4-14H,3,15-19H2,1-2H3,(H,26,28). The fourth-order valence-electron chi connectivity index (χ4n) is 3.28. The van der Waals surface area contributed by atoms with Crippen molar-refractivity contribution in [2.75, 3.05) is 26.9 Å². The number of carbonyl (C=O) groups is 1. The Bertz CT molecular complexity index is 922. The number of benzene rings is 2. The highest BCUT2D eigenvalue weighted by atomic mass is 16.5. The molecule has 0 aliphatic rings. The van der Waals surface area contributed by atoms with E-state index in [4.69, 9.17) is 13.9 Å². The van der Waals surface area contributed by atoms with E-state index in [1.54, 1.807) is 13.2 Å². The van der Waals surface area contributed by atoms with Crippen molar-refractivity contribution < 1.29 is 18.7 Å². The number of hydrogen-bond acceptors (Lipinski definition) is 5. The lowest BCUT2D eigenvalue weighted by Crippen LogP contribution is -2.26. The molecule has 0 aliphatic carbocycles. The maximum absolute atomic E-state index is 12.2. The van der Waals surface area contributed by atoms with Gasteiger partial charge in [0, 0.05) is 26.7 Å². The van der Waals surface area contributed by atoms with Gasteiger partial charge in [-0.05, 0) is 42.3 Å². The molecule has 1 aromatic heterocycles. The smallest absolute Gasteiger partial charge is 0.287 e. The zero-order chi connectivity index (χ0) is 21.9. The van der Waals surface area contributed by atoms with Crippen molar-refractivity contribution in [2.24, 2.45) is 0 Å². The van der Waals surface area contributed by atoms with Crippen LogP contribution in [0.3, 0.4) is 0 Å². The minimum atomic E-state index is -0.232. The van der Waals surface area contributed by atoms with Crippen molar-refractivity contribution >= 4 is 5.91 Å². The van der Waals surface area contributed by atoms with E-state index in [9.17, 15) is 4.79 Å². The summed E-state index contributed by atoms with van der Waals surface area (Å²) in [6.45, 7) is 5.65. The van der Waals surface area contributed by atoms with Crippen LogP contribution in [-0.2, 0) is 24.4 Å². The number of amides is 1. The fraction of sp³-hybridized carbons (Fsp3) is 0.320. The second-order valence-corrected chi connectivity index (χ2v) is 7.22. The Morgan fingerprint density at radius 2 is 1.65 bits per heavy atom. The molecule has 0 saturated heterocycles. The maximum atomic E-state index is 12.2. The number of furan rings is 1. The van der Waals surface area contributed by atoms with Gasteiger partial charge in [0.25, 0.3) is 5.91 Å². The first kappa shape index (κ1) is 22.6. The van der Waals surface area contributed by atoms with Crippen molar-refractivity contribution in [3.63, 3.8) is 0 Å². The first-order valence-electron chi connectivity index (χ1n) is 10.5. The van der Waals surface area contributed by atoms with Gasteiger partial charge in [0.2, 0.25) is 0 Å². The predicted octanol–water partition coefficient (Wildman–Crippen LogP) is 4.26. The van der Waals surface area contributed by atoms with Gasteiger partial charge in [0.1, 0.15) is 11.5 Å². The number of hydrogen-bond donors (Lipinski definition) is 1. The third-order valence-electron chi connectivity index (χ3n) is 4.75. The first-order chi connectivity index (χ1) is 15.2. The molecule has 0 spiro atoms. The molecule has 0 aliphatic heterocycles. The van der Waals surface area contributed by atoms with E-state index in [0.717, 1.165) is 24.6 Å². The zero-order valence-corrected chi connectivity index (χ0v) is 18.2. The third kappa shape index (κ3) is 7.27. The SMILES string of the molecule is CCOc1ccc(CN(Cc2ccccc2)Cc2ccc(C(=O)NCCOC)o2)cc1. The number of nitrogens with one attached hydrogen (secondary N) is 1. The van der Waals surface area contributed by atoms with Crippen LogP contribution in [0.5, 0.6) is 5.75 Å². The molecule has 1 heterocycles. The molecule has 0 radical (unpaired) electrons. The fourth-order valence-corrected chi connectivity index (χ4v) is 3.28. The summed E-state index contributed by atoms with van der Waals surface area (Å²) in [5.74, 6) is 1.70. The molecular formula is C25H30N2O4. The predicted molar refractivity (Wildman–Crippen MR) is 120 cm³/mol. The van der Waals surface area contributed by atoms with E-state index in [1.165, 1.54) is 11.1 Å². The van der Waals surface area contributed by atoms with Crippen LogP contribution in [0.1, 0.15) is 34.4 Å². The summed E-state index contributed by atoms with van der Waals surface area (Å²) in [5, 5.41) is 2.78. The van der Waals surface area contributed by atoms with Crippen LogP contribution in [0, 0.1) is 0 Å². The summed E-state index contributed by atoms with van der Waals surface area (Å²) < 4.78 is 16.3. The molecule has 3 aromatic rings. The highest BCUT2D eigenvalue weighted by molar-refractivity contribution is 5.91. The Labute approximate surface area is 183 Å². The minimum Gasteiger partial charge on any atom is -0.494 e. The Balaban J connectivity index is 1.68. The third-order valence-corrected chi connectivity index (χ3v) is 4.75. The van der Waals surface area contributed by atoms with Crippen molar-refractivity contribution in [3.05, 3.63) is 89.4 Å². The molecule has 0 bridgehead atoms. The van der Waals surface area contributed by atoms with Gasteiger partial charge in [-0.25, -0.2) is 0 Å². The maximum Gasteiger partial charge on any atom is 0.287 e. The van der Waals surface area contributed by atoms with Crippen LogP contribution in [0.2, 0.25) is 0 Å². The Kier molecular flexibility index (Phi) is 8.70. The van der Waals surface area contributed by atoms with Gasteiger partial charge < -0.3 is 19.2 Å². The molecule has 6 nitrogen and oxygen atoms in total. The lowest BCUT2D eigenvalue weighted by atomic mass is 10.1. The molecule has 0 fully saturated rings. The van der Waals surface area contributed by atoms with Gasteiger partial charge in [-0.2, -0.15) is 0 Å². The second kappa shape index (κ2) is 11.9. The molecule has 0 saturated carbocycles. The van der Waals surface area contributed by atoms with Gasteiger partial charge >= 0.3 is 0 Å².